The first-order chi connectivity index (χ1) is 13.3. The molecule has 0 aliphatic carbocycles. The normalized spacial score (nSPS) is 11.3. The fourth-order valence-electron chi connectivity index (χ4n) is 3.52. The Morgan fingerprint density at radius 1 is 1.07 bits per heavy atom. The standard InChI is InChI=1S/C22H25N5/c1-3-4-12-24-22-21-20(25-16(2)26-22)11-15-27(21)14-10-19-18-8-6-5-7-17(18)9-13-23-19/h5-9,11,13,15H,3-4,10,12,14H2,1-2H3,(H,24,25,26). The summed E-state index contributed by atoms with van der Waals surface area (Å²) < 4.78 is 2.24. The third-order valence-corrected chi connectivity index (χ3v) is 4.89. The van der Waals surface area contributed by atoms with Crippen molar-refractivity contribution in [2.45, 2.75) is 39.7 Å². The number of nitrogens with one attached hydrogen (secondary N) is 1. The summed E-state index contributed by atoms with van der Waals surface area (Å²) in [5.41, 5.74) is 3.20. The van der Waals surface area contributed by atoms with Crippen molar-refractivity contribution in [1.29, 1.82) is 0 Å². The summed E-state index contributed by atoms with van der Waals surface area (Å²) in [5, 5.41) is 5.96. The van der Waals surface area contributed by atoms with Crippen molar-refractivity contribution < 1.29 is 0 Å². The highest BCUT2D eigenvalue weighted by Crippen LogP contribution is 2.23. The van der Waals surface area contributed by atoms with Gasteiger partial charge in [0, 0.05) is 43.0 Å². The predicted molar refractivity (Wildman–Crippen MR) is 111 cm³/mol. The Kier molecular flexibility index (Phi) is 5.01. The van der Waals surface area contributed by atoms with Crippen molar-refractivity contribution in [2.75, 3.05) is 11.9 Å². The van der Waals surface area contributed by atoms with Crippen LogP contribution in [0.15, 0.2) is 48.8 Å². The second kappa shape index (κ2) is 7.74. The Morgan fingerprint density at radius 3 is 2.85 bits per heavy atom. The molecule has 0 atom stereocenters. The summed E-state index contributed by atoms with van der Waals surface area (Å²) >= 11 is 0. The molecule has 0 aliphatic heterocycles. The van der Waals surface area contributed by atoms with Crippen LogP contribution in [0, 0.1) is 6.92 Å². The first-order valence-corrected chi connectivity index (χ1v) is 9.66. The van der Waals surface area contributed by atoms with Gasteiger partial charge in [0.15, 0.2) is 5.82 Å². The average molecular weight is 359 g/mol. The van der Waals surface area contributed by atoms with Gasteiger partial charge in [-0.3, -0.25) is 4.98 Å². The van der Waals surface area contributed by atoms with Crippen LogP contribution in [-0.2, 0) is 13.0 Å². The Labute approximate surface area is 159 Å². The minimum atomic E-state index is 0.801. The average Bonchev–Trinajstić information content (AvgIpc) is 3.09. The largest absolute Gasteiger partial charge is 0.368 e. The minimum Gasteiger partial charge on any atom is -0.368 e. The van der Waals surface area contributed by atoms with Crippen molar-refractivity contribution in [3.8, 4) is 0 Å². The molecule has 4 aromatic rings. The highest BCUT2D eigenvalue weighted by atomic mass is 15.1. The van der Waals surface area contributed by atoms with Crippen molar-refractivity contribution in [3.05, 3.63) is 60.3 Å². The Balaban J connectivity index is 1.63. The fourth-order valence-corrected chi connectivity index (χ4v) is 3.52. The van der Waals surface area contributed by atoms with E-state index in [9.17, 15) is 0 Å². The number of fused-ring (bicyclic) bond motifs is 2. The predicted octanol–water partition coefficient (Wildman–Crippen LogP) is 4.74. The number of aryl methyl sites for hydroxylation is 3. The van der Waals surface area contributed by atoms with Crippen LogP contribution in [-0.4, -0.2) is 26.1 Å². The second-order valence-electron chi connectivity index (χ2n) is 6.87. The maximum absolute atomic E-state index is 4.65. The molecule has 3 heterocycles. The van der Waals surface area contributed by atoms with Crippen molar-refractivity contribution in [2.24, 2.45) is 0 Å². The molecule has 138 valence electrons. The van der Waals surface area contributed by atoms with E-state index < -0.39 is 0 Å². The SMILES string of the molecule is CCCCNc1nc(C)nc2ccn(CCc3nccc4ccccc34)c12. The summed E-state index contributed by atoms with van der Waals surface area (Å²) in [4.78, 5) is 13.9. The van der Waals surface area contributed by atoms with Gasteiger partial charge in [-0.05, 0) is 30.9 Å². The van der Waals surface area contributed by atoms with E-state index in [-0.39, 0.29) is 0 Å². The molecule has 0 radical (unpaired) electrons. The zero-order valence-corrected chi connectivity index (χ0v) is 15.9. The molecule has 0 amide bonds. The van der Waals surface area contributed by atoms with Gasteiger partial charge in [0.2, 0.25) is 0 Å². The van der Waals surface area contributed by atoms with Gasteiger partial charge in [0.25, 0.3) is 0 Å². The fraction of sp³-hybridized carbons (Fsp3) is 0.318. The maximum Gasteiger partial charge on any atom is 0.154 e. The van der Waals surface area contributed by atoms with E-state index in [0.29, 0.717) is 0 Å². The molecule has 3 aromatic heterocycles. The summed E-state index contributed by atoms with van der Waals surface area (Å²) in [6.45, 7) is 5.92. The molecular formula is C22H25N5. The van der Waals surface area contributed by atoms with Gasteiger partial charge in [-0.15, -0.1) is 0 Å². The van der Waals surface area contributed by atoms with Gasteiger partial charge in [0.05, 0.1) is 5.52 Å². The van der Waals surface area contributed by atoms with Crippen LogP contribution in [0.3, 0.4) is 0 Å². The van der Waals surface area contributed by atoms with E-state index in [4.69, 9.17) is 0 Å². The summed E-state index contributed by atoms with van der Waals surface area (Å²) in [6, 6.07) is 12.6. The van der Waals surface area contributed by atoms with E-state index in [1.54, 1.807) is 0 Å². The lowest BCUT2D eigenvalue weighted by Crippen LogP contribution is -2.09. The van der Waals surface area contributed by atoms with Crippen LogP contribution < -0.4 is 5.32 Å². The minimum absolute atomic E-state index is 0.801. The molecule has 0 spiro atoms. The van der Waals surface area contributed by atoms with Gasteiger partial charge in [-0.2, -0.15) is 0 Å². The summed E-state index contributed by atoms with van der Waals surface area (Å²) in [7, 11) is 0. The highest BCUT2D eigenvalue weighted by molar-refractivity contribution is 5.87. The molecular weight excluding hydrogens is 334 g/mol. The van der Waals surface area contributed by atoms with Crippen LogP contribution in [0.4, 0.5) is 5.82 Å². The number of hydrogen-bond donors (Lipinski definition) is 1. The highest BCUT2D eigenvalue weighted by Gasteiger charge is 2.11. The molecule has 4 rings (SSSR count). The van der Waals surface area contributed by atoms with Gasteiger partial charge in [-0.1, -0.05) is 37.6 Å². The van der Waals surface area contributed by atoms with E-state index in [2.05, 4.69) is 74.4 Å². The van der Waals surface area contributed by atoms with Crippen LogP contribution in [0.1, 0.15) is 31.3 Å². The van der Waals surface area contributed by atoms with Crippen molar-refractivity contribution in [3.63, 3.8) is 0 Å². The Morgan fingerprint density at radius 2 is 1.96 bits per heavy atom. The van der Waals surface area contributed by atoms with Gasteiger partial charge in [-0.25, -0.2) is 9.97 Å². The number of benzene rings is 1. The molecule has 1 N–H and O–H groups in total. The van der Waals surface area contributed by atoms with E-state index in [1.165, 1.54) is 10.8 Å². The Hall–Kier alpha value is -2.95. The molecule has 0 bridgehead atoms. The van der Waals surface area contributed by atoms with Gasteiger partial charge < -0.3 is 9.88 Å². The lowest BCUT2D eigenvalue weighted by molar-refractivity contribution is 0.712. The number of unbranched alkanes of at least 4 members (excludes halogenated alkanes) is 1. The zero-order chi connectivity index (χ0) is 18.6. The topological polar surface area (TPSA) is 55.6 Å². The molecule has 0 saturated carbocycles. The van der Waals surface area contributed by atoms with Crippen molar-refractivity contribution >= 4 is 27.6 Å². The van der Waals surface area contributed by atoms with Crippen LogP contribution in [0.2, 0.25) is 0 Å². The quantitative estimate of drug-likeness (QED) is 0.484. The molecule has 0 aliphatic rings. The maximum atomic E-state index is 4.65. The number of hydrogen-bond acceptors (Lipinski definition) is 4. The Bertz CT molecular complexity index is 1060. The molecule has 5 heteroatoms. The molecule has 0 fully saturated rings. The molecule has 27 heavy (non-hydrogen) atoms. The lowest BCUT2D eigenvalue weighted by Gasteiger charge is -2.12. The second-order valence-corrected chi connectivity index (χ2v) is 6.87. The lowest BCUT2D eigenvalue weighted by atomic mass is 10.1. The number of anilines is 1. The molecule has 5 nitrogen and oxygen atoms in total. The van der Waals surface area contributed by atoms with Crippen LogP contribution >= 0.6 is 0 Å². The van der Waals surface area contributed by atoms with E-state index in [0.717, 1.165) is 60.7 Å². The summed E-state index contributed by atoms with van der Waals surface area (Å²) in [6.07, 6.45) is 7.16. The van der Waals surface area contributed by atoms with E-state index >= 15 is 0 Å². The molecule has 1 aromatic carbocycles. The van der Waals surface area contributed by atoms with Crippen LogP contribution in [0.5, 0.6) is 0 Å². The van der Waals surface area contributed by atoms with Crippen LogP contribution in [0.25, 0.3) is 21.8 Å². The first-order valence-electron chi connectivity index (χ1n) is 9.66. The number of nitrogens with zero attached hydrogens (tertiary/aromatic N) is 4. The summed E-state index contributed by atoms with van der Waals surface area (Å²) in [5.74, 6) is 1.73. The third kappa shape index (κ3) is 3.63. The number of pyridine rings is 1. The molecule has 0 saturated heterocycles. The van der Waals surface area contributed by atoms with Gasteiger partial charge in [0.1, 0.15) is 11.3 Å². The van der Waals surface area contributed by atoms with Crippen molar-refractivity contribution in [1.82, 2.24) is 19.5 Å². The number of aromatic nitrogens is 4. The zero-order valence-electron chi connectivity index (χ0n) is 15.9. The smallest absolute Gasteiger partial charge is 0.154 e. The number of rotatable bonds is 7. The van der Waals surface area contributed by atoms with E-state index in [1.807, 2.05) is 13.1 Å². The van der Waals surface area contributed by atoms with Gasteiger partial charge >= 0.3 is 0 Å². The first kappa shape index (κ1) is 17.5. The third-order valence-electron chi connectivity index (χ3n) is 4.89. The monoisotopic (exact) mass is 359 g/mol. The molecule has 0 unspecified atom stereocenters.